The number of aromatic nitrogens is 3. The number of rotatable bonds is 1. The Kier molecular flexibility index (Phi) is 1.96. The molecular formula is C10H11N3O. The molecule has 0 saturated heterocycles. The smallest absolute Gasteiger partial charge is 0.163 e. The van der Waals surface area contributed by atoms with E-state index < -0.39 is 0 Å². The summed E-state index contributed by atoms with van der Waals surface area (Å²) in [5.74, 6) is 1.85. The van der Waals surface area contributed by atoms with Crippen LogP contribution in [0.15, 0.2) is 24.3 Å². The first-order valence-electron chi connectivity index (χ1n) is 4.34. The maximum absolute atomic E-state index is 9.31. The predicted octanol–water partition coefficient (Wildman–Crippen LogP) is 1.50. The molecule has 0 bridgehead atoms. The molecule has 0 fully saturated rings. The van der Waals surface area contributed by atoms with Crippen molar-refractivity contribution in [3.05, 3.63) is 30.1 Å². The van der Waals surface area contributed by atoms with Crippen molar-refractivity contribution < 1.29 is 5.11 Å². The average Bonchev–Trinajstić information content (AvgIpc) is 2.48. The van der Waals surface area contributed by atoms with Gasteiger partial charge in [0.1, 0.15) is 11.6 Å². The number of hydrogen-bond donors (Lipinski definition) is 1. The lowest BCUT2D eigenvalue weighted by molar-refractivity contribution is 0.475. The molecule has 1 aromatic carbocycles. The van der Waals surface area contributed by atoms with Gasteiger partial charge in [0, 0.05) is 12.6 Å². The van der Waals surface area contributed by atoms with Crippen LogP contribution in [0.3, 0.4) is 0 Å². The number of nitrogens with zero attached hydrogens (tertiary/aromatic N) is 3. The quantitative estimate of drug-likeness (QED) is 0.739. The Labute approximate surface area is 81.8 Å². The Morgan fingerprint density at radius 1 is 1.29 bits per heavy atom. The van der Waals surface area contributed by atoms with Crippen molar-refractivity contribution in [2.24, 2.45) is 7.05 Å². The third-order valence-electron chi connectivity index (χ3n) is 2.20. The summed E-state index contributed by atoms with van der Waals surface area (Å²) in [5, 5.41) is 17.3. The van der Waals surface area contributed by atoms with E-state index in [1.807, 2.05) is 24.6 Å². The molecule has 0 aliphatic heterocycles. The standard InChI is InChI=1S/C10H11N3O/c1-7-11-12-10(13(7)2)8-4-3-5-9(14)6-8/h3-6,14H,1-2H3. The molecule has 1 N–H and O–H groups in total. The highest BCUT2D eigenvalue weighted by molar-refractivity contribution is 5.57. The largest absolute Gasteiger partial charge is 0.508 e. The van der Waals surface area contributed by atoms with Crippen molar-refractivity contribution in [1.29, 1.82) is 0 Å². The van der Waals surface area contributed by atoms with E-state index in [1.165, 1.54) is 0 Å². The minimum Gasteiger partial charge on any atom is -0.508 e. The lowest BCUT2D eigenvalue weighted by atomic mass is 10.2. The molecule has 0 unspecified atom stereocenters. The SMILES string of the molecule is Cc1nnc(-c2cccc(O)c2)n1C. The molecular weight excluding hydrogens is 178 g/mol. The van der Waals surface area contributed by atoms with Gasteiger partial charge in [-0.05, 0) is 19.1 Å². The van der Waals surface area contributed by atoms with Gasteiger partial charge in [-0.1, -0.05) is 12.1 Å². The summed E-state index contributed by atoms with van der Waals surface area (Å²) in [5.41, 5.74) is 0.869. The molecule has 1 aromatic heterocycles. The van der Waals surface area contributed by atoms with Gasteiger partial charge in [0.15, 0.2) is 5.82 Å². The zero-order valence-electron chi connectivity index (χ0n) is 8.10. The lowest BCUT2D eigenvalue weighted by Crippen LogP contribution is -1.94. The number of benzene rings is 1. The van der Waals surface area contributed by atoms with E-state index in [2.05, 4.69) is 10.2 Å². The van der Waals surface area contributed by atoms with E-state index in [0.29, 0.717) is 0 Å². The highest BCUT2D eigenvalue weighted by atomic mass is 16.3. The average molecular weight is 189 g/mol. The molecule has 4 heteroatoms. The predicted molar refractivity (Wildman–Crippen MR) is 52.8 cm³/mol. The normalized spacial score (nSPS) is 10.4. The van der Waals surface area contributed by atoms with E-state index >= 15 is 0 Å². The minimum absolute atomic E-state index is 0.239. The topological polar surface area (TPSA) is 50.9 Å². The lowest BCUT2D eigenvalue weighted by Gasteiger charge is -2.01. The van der Waals surface area contributed by atoms with Crippen LogP contribution in [0.1, 0.15) is 5.82 Å². The minimum atomic E-state index is 0.239. The zero-order chi connectivity index (χ0) is 10.1. The summed E-state index contributed by atoms with van der Waals surface area (Å²) in [6.45, 7) is 1.89. The van der Waals surface area contributed by atoms with Crippen molar-refractivity contribution in [2.45, 2.75) is 6.92 Å². The maximum Gasteiger partial charge on any atom is 0.163 e. The molecule has 0 radical (unpaired) electrons. The Hall–Kier alpha value is -1.84. The van der Waals surface area contributed by atoms with Crippen molar-refractivity contribution in [3.8, 4) is 17.1 Å². The fourth-order valence-corrected chi connectivity index (χ4v) is 1.30. The number of phenols is 1. The summed E-state index contributed by atoms with van der Waals surface area (Å²) in [6.07, 6.45) is 0. The maximum atomic E-state index is 9.31. The Balaban J connectivity index is 2.55. The fraction of sp³-hybridized carbons (Fsp3) is 0.200. The van der Waals surface area contributed by atoms with E-state index in [-0.39, 0.29) is 5.75 Å². The van der Waals surface area contributed by atoms with Gasteiger partial charge in [-0.15, -0.1) is 10.2 Å². The van der Waals surface area contributed by atoms with Crippen LogP contribution in [0.4, 0.5) is 0 Å². The molecule has 4 nitrogen and oxygen atoms in total. The molecule has 0 saturated carbocycles. The van der Waals surface area contributed by atoms with Gasteiger partial charge in [0.25, 0.3) is 0 Å². The van der Waals surface area contributed by atoms with Crippen LogP contribution in [-0.2, 0) is 7.05 Å². The summed E-state index contributed by atoms with van der Waals surface area (Å²) >= 11 is 0. The Morgan fingerprint density at radius 2 is 2.07 bits per heavy atom. The number of aryl methyl sites for hydroxylation is 1. The van der Waals surface area contributed by atoms with Gasteiger partial charge in [-0.3, -0.25) is 0 Å². The molecule has 1 heterocycles. The van der Waals surface area contributed by atoms with Crippen molar-refractivity contribution in [2.75, 3.05) is 0 Å². The van der Waals surface area contributed by atoms with Gasteiger partial charge >= 0.3 is 0 Å². The molecule has 0 aliphatic carbocycles. The highest BCUT2D eigenvalue weighted by Gasteiger charge is 2.07. The molecule has 14 heavy (non-hydrogen) atoms. The van der Waals surface area contributed by atoms with E-state index in [9.17, 15) is 5.11 Å². The first kappa shape index (κ1) is 8.74. The molecule has 0 amide bonds. The fourth-order valence-electron chi connectivity index (χ4n) is 1.30. The highest BCUT2D eigenvalue weighted by Crippen LogP contribution is 2.20. The van der Waals surface area contributed by atoms with Crippen LogP contribution in [0.5, 0.6) is 5.75 Å². The van der Waals surface area contributed by atoms with Crippen molar-refractivity contribution in [3.63, 3.8) is 0 Å². The van der Waals surface area contributed by atoms with Gasteiger partial charge in [-0.25, -0.2) is 0 Å². The van der Waals surface area contributed by atoms with Gasteiger partial charge in [0.05, 0.1) is 0 Å². The summed E-state index contributed by atoms with van der Waals surface area (Å²) in [4.78, 5) is 0. The summed E-state index contributed by atoms with van der Waals surface area (Å²) in [6, 6.07) is 6.98. The summed E-state index contributed by atoms with van der Waals surface area (Å²) < 4.78 is 1.88. The van der Waals surface area contributed by atoms with Gasteiger partial charge in [0.2, 0.25) is 0 Å². The van der Waals surface area contributed by atoms with Crippen molar-refractivity contribution >= 4 is 0 Å². The Bertz CT molecular complexity index is 462. The Morgan fingerprint density at radius 3 is 2.64 bits per heavy atom. The van der Waals surface area contributed by atoms with Crippen LogP contribution >= 0.6 is 0 Å². The molecule has 72 valence electrons. The van der Waals surface area contributed by atoms with E-state index in [4.69, 9.17) is 0 Å². The van der Waals surface area contributed by atoms with Crippen LogP contribution in [0, 0.1) is 6.92 Å². The van der Waals surface area contributed by atoms with E-state index in [1.54, 1.807) is 18.2 Å². The second kappa shape index (κ2) is 3.14. The molecule has 2 rings (SSSR count). The van der Waals surface area contributed by atoms with Gasteiger partial charge in [-0.2, -0.15) is 0 Å². The third-order valence-corrected chi connectivity index (χ3v) is 2.20. The number of phenolic OH excluding ortho intramolecular Hbond substituents is 1. The molecule has 0 atom stereocenters. The number of hydrogen-bond acceptors (Lipinski definition) is 3. The van der Waals surface area contributed by atoms with Crippen LogP contribution < -0.4 is 0 Å². The second-order valence-corrected chi connectivity index (χ2v) is 3.18. The summed E-state index contributed by atoms with van der Waals surface area (Å²) in [7, 11) is 1.90. The van der Waals surface area contributed by atoms with Crippen LogP contribution in [-0.4, -0.2) is 19.9 Å². The second-order valence-electron chi connectivity index (χ2n) is 3.18. The first-order valence-corrected chi connectivity index (χ1v) is 4.34. The zero-order valence-corrected chi connectivity index (χ0v) is 8.10. The molecule has 0 aliphatic rings. The first-order chi connectivity index (χ1) is 6.68. The van der Waals surface area contributed by atoms with Crippen LogP contribution in [0.2, 0.25) is 0 Å². The molecule has 0 spiro atoms. The molecule has 2 aromatic rings. The number of aromatic hydroxyl groups is 1. The van der Waals surface area contributed by atoms with Crippen LogP contribution in [0.25, 0.3) is 11.4 Å². The van der Waals surface area contributed by atoms with E-state index in [0.717, 1.165) is 17.2 Å². The van der Waals surface area contributed by atoms with Crippen molar-refractivity contribution in [1.82, 2.24) is 14.8 Å². The third kappa shape index (κ3) is 1.35. The monoisotopic (exact) mass is 189 g/mol. The van der Waals surface area contributed by atoms with Gasteiger partial charge < -0.3 is 9.67 Å².